The van der Waals surface area contributed by atoms with Gasteiger partial charge in [0.05, 0.1) is 13.2 Å². The average molecular weight is 263 g/mol. The highest BCUT2D eigenvalue weighted by Gasteiger charge is 2.32. The van der Waals surface area contributed by atoms with Crippen LogP contribution in [0.25, 0.3) is 0 Å². The fraction of sp³-hybridized carbons (Fsp3) is 0.917. The van der Waals surface area contributed by atoms with Crippen LogP contribution in [-0.2, 0) is 14.3 Å². The van der Waals surface area contributed by atoms with Crippen molar-refractivity contribution in [2.45, 2.75) is 32.2 Å². The van der Waals surface area contributed by atoms with Crippen molar-refractivity contribution in [2.75, 3.05) is 38.9 Å². The Morgan fingerprint density at radius 3 is 2.65 bits per heavy atom. The minimum absolute atomic E-state index is 0.163. The summed E-state index contributed by atoms with van der Waals surface area (Å²) in [4.78, 5) is 11.8. The lowest BCUT2D eigenvalue weighted by molar-refractivity contribution is -0.150. The summed E-state index contributed by atoms with van der Waals surface area (Å²) in [6, 6.07) is 0. The predicted molar refractivity (Wildman–Crippen MR) is 72.5 cm³/mol. The number of ether oxygens (including phenoxy) is 2. The summed E-state index contributed by atoms with van der Waals surface area (Å²) in [6.07, 6.45) is 1.78. The quantitative estimate of drug-likeness (QED) is 0.480. The molecule has 0 saturated carbocycles. The van der Waals surface area contributed by atoms with Gasteiger partial charge in [0.2, 0.25) is 0 Å². The number of nitrogens with one attached hydrogen (secondary N) is 1. The average Bonchev–Trinajstić information content (AvgIpc) is 2.33. The molecule has 102 valence electrons. The second-order valence-electron chi connectivity index (χ2n) is 4.01. The zero-order chi connectivity index (χ0) is 13.1. The van der Waals surface area contributed by atoms with Crippen molar-refractivity contribution in [3.05, 3.63) is 0 Å². The molecule has 4 nitrogen and oxygen atoms in total. The second kappa shape index (κ2) is 9.74. The Morgan fingerprint density at radius 2 is 2.12 bits per heavy atom. The lowest BCUT2D eigenvalue weighted by Gasteiger charge is -2.26. The first-order chi connectivity index (χ1) is 8.10. The molecule has 0 saturated heterocycles. The van der Waals surface area contributed by atoms with Crippen molar-refractivity contribution in [3.63, 3.8) is 0 Å². The summed E-state index contributed by atoms with van der Waals surface area (Å²) in [5, 5.41) is 3.06. The smallest absolute Gasteiger partial charge is 0.326 e. The molecule has 0 aromatic rings. The predicted octanol–water partition coefficient (Wildman–Crippen LogP) is 1.69. The Balaban J connectivity index is 3.83. The van der Waals surface area contributed by atoms with Crippen LogP contribution < -0.4 is 5.32 Å². The summed E-state index contributed by atoms with van der Waals surface area (Å²) in [5.74, 6) is 1.89. The largest absolute Gasteiger partial charge is 0.465 e. The fourth-order valence-electron chi connectivity index (χ4n) is 1.39. The molecule has 5 heteroatoms. The summed E-state index contributed by atoms with van der Waals surface area (Å²) in [6.45, 7) is 4.93. The number of methoxy groups -OCH3 is 1. The van der Waals surface area contributed by atoms with Gasteiger partial charge in [-0.2, -0.15) is 11.8 Å². The first kappa shape index (κ1) is 16.7. The molecule has 0 aliphatic heterocycles. The van der Waals surface area contributed by atoms with Gasteiger partial charge in [0, 0.05) is 12.9 Å². The lowest BCUT2D eigenvalue weighted by atomic mass is 9.97. The first-order valence-electron chi connectivity index (χ1n) is 6.03. The van der Waals surface area contributed by atoms with E-state index in [0.29, 0.717) is 6.61 Å². The maximum atomic E-state index is 11.8. The number of carbonyl (C=O) groups is 1. The Hall–Kier alpha value is -0.260. The number of rotatable bonds is 10. The van der Waals surface area contributed by atoms with Crippen LogP contribution in [0, 0.1) is 0 Å². The van der Waals surface area contributed by atoms with Crippen LogP contribution in [-0.4, -0.2) is 50.4 Å². The van der Waals surface area contributed by atoms with Gasteiger partial charge in [0.15, 0.2) is 0 Å². The molecule has 0 rings (SSSR count). The summed E-state index contributed by atoms with van der Waals surface area (Å²) in [7, 11) is 3.51. The van der Waals surface area contributed by atoms with E-state index < -0.39 is 5.54 Å². The molecule has 0 aromatic heterocycles. The van der Waals surface area contributed by atoms with Gasteiger partial charge in [0.1, 0.15) is 5.54 Å². The van der Waals surface area contributed by atoms with Crippen molar-refractivity contribution >= 4 is 17.7 Å². The molecule has 0 bridgehead atoms. The third-order valence-electron chi connectivity index (χ3n) is 2.67. The molecule has 17 heavy (non-hydrogen) atoms. The van der Waals surface area contributed by atoms with Crippen LogP contribution in [0.5, 0.6) is 0 Å². The first-order valence-corrected chi connectivity index (χ1v) is 7.19. The number of thioether (sulfide) groups is 1. The molecular weight excluding hydrogens is 238 g/mol. The summed E-state index contributed by atoms with van der Waals surface area (Å²) < 4.78 is 10.0. The monoisotopic (exact) mass is 263 g/mol. The third-order valence-corrected chi connectivity index (χ3v) is 3.71. The molecule has 0 aromatic carbocycles. The van der Waals surface area contributed by atoms with Crippen LogP contribution in [0.1, 0.15) is 26.7 Å². The maximum absolute atomic E-state index is 11.8. The minimum Gasteiger partial charge on any atom is -0.465 e. The van der Waals surface area contributed by atoms with Crippen LogP contribution in [0.3, 0.4) is 0 Å². The molecule has 0 radical (unpaired) electrons. The SMILES string of the molecule is CCOC(=O)C(C)(CCCSCCOC)NC. The van der Waals surface area contributed by atoms with Crippen molar-refractivity contribution in [2.24, 2.45) is 0 Å². The molecule has 0 heterocycles. The van der Waals surface area contributed by atoms with Crippen LogP contribution in [0.4, 0.5) is 0 Å². The highest BCUT2D eigenvalue weighted by molar-refractivity contribution is 7.99. The van der Waals surface area contributed by atoms with Crippen molar-refractivity contribution in [1.82, 2.24) is 5.32 Å². The number of likely N-dealkylation sites (N-methyl/N-ethyl adjacent to an activating group) is 1. The Labute approximate surface area is 109 Å². The van der Waals surface area contributed by atoms with Gasteiger partial charge < -0.3 is 14.8 Å². The van der Waals surface area contributed by atoms with E-state index in [1.165, 1.54) is 0 Å². The van der Waals surface area contributed by atoms with Crippen LogP contribution in [0.2, 0.25) is 0 Å². The molecule has 0 fully saturated rings. The van der Waals surface area contributed by atoms with Crippen molar-refractivity contribution in [3.8, 4) is 0 Å². The summed E-state index contributed by atoms with van der Waals surface area (Å²) in [5.41, 5.74) is -0.558. The fourth-order valence-corrected chi connectivity index (χ4v) is 2.23. The van der Waals surface area contributed by atoms with E-state index in [1.807, 2.05) is 25.6 Å². The molecule has 0 amide bonds. The van der Waals surface area contributed by atoms with Gasteiger partial charge in [-0.25, -0.2) is 0 Å². The maximum Gasteiger partial charge on any atom is 0.326 e. The summed E-state index contributed by atoms with van der Waals surface area (Å²) >= 11 is 1.85. The van der Waals surface area contributed by atoms with Gasteiger partial charge in [-0.3, -0.25) is 4.79 Å². The van der Waals surface area contributed by atoms with E-state index >= 15 is 0 Å². The third kappa shape index (κ3) is 6.91. The Kier molecular flexibility index (Phi) is 9.59. The molecular formula is C12H25NO3S. The molecule has 0 aliphatic carbocycles. The molecule has 1 N–H and O–H groups in total. The lowest BCUT2D eigenvalue weighted by Crippen LogP contribution is -2.48. The molecule has 0 spiro atoms. The normalized spacial score (nSPS) is 14.4. The van der Waals surface area contributed by atoms with Gasteiger partial charge in [-0.05, 0) is 39.5 Å². The van der Waals surface area contributed by atoms with E-state index in [4.69, 9.17) is 9.47 Å². The highest BCUT2D eigenvalue weighted by atomic mass is 32.2. The van der Waals surface area contributed by atoms with Gasteiger partial charge >= 0.3 is 5.97 Å². The van der Waals surface area contributed by atoms with Crippen molar-refractivity contribution < 1.29 is 14.3 Å². The standard InChI is InChI=1S/C12H25NO3S/c1-5-16-11(14)12(2,13-3)7-6-9-17-10-8-15-4/h13H,5-10H2,1-4H3. The molecule has 1 atom stereocenters. The number of esters is 1. The van der Waals surface area contributed by atoms with Crippen molar-refractivity contribution in [1.29, 1.82) is 0 Å². The van der Waals surface area contributed by atoms with Gasteiger partial charge in [-0.15, -0.1) is 0 Å². The number of hydrogen-bond acceptors (Lipinski definition) is 5. The topological polar surface area (TPSA) is 47.6 Å². The van der Waals surface area contributed by atoms with E-state index in [0.717, 1.165) is 31.0 Å². The highest BCUT2D eigenvalue weighted by Crippen LogP contribution is 2.16. The van der Waals surface area contributed by atoms with Crippen LogP contribution >= 0.6 is 11.8 Å². The molecule has 1 unspecified atom stereocenters. The van der Waals surface area contributed by atoms with E-state index in [-0.39, 0.29) is 5.97 Å². The Morgan fingerprint density at radius 1 is 1.41 bits per heavy atom. The Bertz CT molecular complexity index is 214. The van der Waals surface area contributed by atoms with E-state index in [2.05, 4.69) is 5.32 Å². The second-order valence-corrected chi connectivity index (χ2v) is 5.24. The van der Waals surface area contributed by atoms with Gasteiger partial charge in [0.25, 0.3) is 0 Å². The zero-order valence-corrected chi connectivity index (χ0v) is 12.2. The van der Waals surface area contributed by atoms with E-state index in [9.17, 15) is 4.79 Å². The molecule has 0 aliphatic rings. The number of carbonyl (C=O) groups excluding carboxylic acids is 1. The zero-order valence-electron chi connectivity index (χ0n) is 11.4. The minimum atomic E-state index is -0.558. The number of hydrogen-bond donors (Lipinski definition) is 1. The van der Waals surface area contributed by atoms with Crippen LogP contribution in [0.15, 0.2) is 0 Å². The van der Waals surface area contributed by atoms with Gasteiger partial charge in [-0.1, -0.05) is 0 Å². The van der Waals surface area contributed by atoms with E-state index in [1.54, 1.807) is 14.2 Å².